The SMILES string of the molecule is CC(C)(C)c1c(Oc2ccc(N3C(=O)C=CC3=O)cc2)ccc(C2(c3ccc(Oc4ccc(N5C(=O)C=CC5=O)cc4)c(C(C)(C)C)c3C(C)(C)C)CCCCC2)c1C(C)(C)C. The molecule has 3 aliphatic rings. The monoisotopic (exact) mass is 834 g/mol. The molecule has 8 heteroatoms. The van der Waals surface area contributed by atoms with Crippen LogP contribution in [0.4, 0.5) is 11.4 Å². The zero-order chi connectivity index (χ0) is 45.2. The number of benzene rings is 4. The standard InChI is InChI=1S/C54H62N2O6/c1-50(2,3)46-38(24-26-40(48(46)52(7,8)9)61-36-20-16-34(17-21-36)55-42(57)28-29-43(55)58)54(32-14-13-15-33-54)39-25-27-41(49(53(10,11)12)47(39)51(4,5)6)62-37-22-18-35(19-23-37)56-44(59)30-31-45(56)60/h16-31H,13-15,32-33H2,1-12H3. The second kappa shape index (κ2) is 15.9. The van der Waals surface area contributed by atoms with Crippen molar-refractivity contribution in [3.8, 4) is 23.0 Å². The summed E-state index contributed by atoms with van der Waals surface area (Å²) in [5.41, 5.74) is 7.16. The number of rotatable bonds is 8. The molecule has 1 saturated carbocycles. The average molecular weight is 835 g/mol. The molecule has 2 heterocycles. The fourth-order valence-corrected chi connectivity index (χ4v) is 9.91. The van der Waals surface area contributed by atoms with E-state index in [0.29, 0.717) is 22.9 Å². The number of ether oxygens (including phenoxy) is 2. The molecule has 4 amide bonds. The van der Waals surface area contributed by atoms with Crippen LogP contribution >= 0.6 is 0 Å². The van der Waals surface area contributed by atoms with Gasteiger partial charge in [-0.3, -0.25) is 19.2 Å². The van der Waals surface area contributed by atoms with Gasteiger partial charge in [0.15, 0.2) is 0 Å². The predicted octanol–water partition coefficient (Wildman–Crippen LogP) is 12.6. The van der Waals surface area contributed by atoms with Crippen LogP contribution in [0.1, 0.15) is 149 Å². The first-order valence-electron chi connectivity index (χ1n) is 22.0. The summed E-state index contributed by atoms with van der Waals surface area (Å²) in [6, 6.07) is 23.3. The van der Waals surface area contributed by atoms with Crippen molar-refractivity contribution < 1.29 is 28.7 Å². The van der Waals surface area contributed by atoms with Gasteiger partial charge >= 0.3 is 0 Å². The molecule has 0 N–H and O–H groups in total. The summed E-state index contributed by atoms with van der Waals surface area (Å²) in [4.78, 5) is 51.9. The number of carbonyl (C=O) groups excluding carboxylic acids is 4. The molecule has 0 spiro atoms. The van der Waals surface area contributed by atoms with Gasteiger partial charge in [-0.2, -0.15) is 0 Å². The Hall–Kier alpha value is -5.76. The molecule has 1 fully saturated rings. The quantitative estimate of drug-likeness (QED) is 0.164. The molecule has 62 heavy (non-hydrogen) atoms. The van der Waals surface area contributed by atoms with Gasteiger partial charge in [-0.25, -0.2) is 9.80 Å². The molecule has 0 saturated heterocycles. The summed E-state index contributed by atoms with van der Waals surface area (Å²) in [6.45, 7) is 27.4. The van der Waals surface area contributed by atoms with E-state index in [1.807, 2.05) is 24.3 Å². The summed E-state index contributed by atoms with van der Waals surface area (Å²) in [5.74, 6) is 1.40. The second-order valence-electron chi connectivity index (χ2n) is 21.2. The highest BCUT2D eigenvalue weighted by Crippen LogP contribution is 2.56. The minimum absolute atomic E-state index is 0.264. The largest absolute Gasteiger partial charge is 0.457 e. The smallest absolute Gasteiger partial charge is 0.258 e. The number of anilines is 2. The summed E-state index contributed by atoms with van der Waals surface area (Å²) in [6.07, 6.45) is 10.5. The Kier molecular flexibility index (Phi) is 11.3. The van der Waals surface area contributed by atoms with Gasteiger partial charge < -0.3 is 9.47 Å². The minimum Gasteiger partial charge on any atom is -0.457 e. The molecular weight excluding hydrogens is 773 g/mol. The lowest BCUT2D eigenvalue weighted by Crippen LogP contribution is -2.38. The highest BCUT2D eigenvalue weighted by Gasteiger charge is 2.46. The van der Waals surface area contributed by atoms with Gasteiger partial charge in [-0.1, -0.05) is 114 Å². The lowest BCUT2D eigenvalue weighted by atomic mass is 9.57. The van der Waals surface area contributed by atoms with Crippen LogP contribution in [0.15, 0.2) is 97.1 Å². The lowest BCUT2D eigenvalue weighted by molar-refractivity contribution is -0.121. The van der Waals surface area contributed by atoms with Crippen LogP contribution in [-0.2, 0) is 46.3 Å². The van der Waals surface area contributed by atoms with Crippen molar-refractivity contribution in [2.24, 2.45) is 0 Å². The topological polar surface area (TPSA) is 93.2 Å². The third-order valence-corrected chi connectivity index (χ3v) is 12.3. The van der Waals surface area contributed by atoms with Crippen molar-refractivity contribution >= 4 is 35.0 Å². The van der Waals surface area contributed by atoms with Crippen LogP contribution in [0.25, 0.3) is 0 Å². The van der Waals surface area contributed by atoms with Crippen molar-refractivity contribution in [2.45, 2.75) is 142 Å². The zero-order valence-electron chi connectivity index (χ0n) is 38.6. The highest BCUT2D eigenvalue weighted by atomic mass is 16.5. The Morgan fingerprint density at radius 2 is 0.710 bits per heavy atom. The first-order chi connectivity index (χ1) is 28.9. The fraction of sp³-hybridized carbons (Fsp3) is 0.407. The predicted molar refractivity (Wildman–Crippen MR) is 248 cm³/mol. The molecule has 4 aromatic carbocycles. The molecule has 324 valence electrons. The summed E-state index contributed by atoms with van der Waals surface area (Å²) >= 11 is 0. The molecule has 0 bridgehead atoms. The Bertz CT molecular complexity index is 2290. The van der Waals surface area contributed by atoms with Gasteiger partial charge in [0.05, 0.1) is 11.4 Å². The fourth-order valence-electron chi connectivity index (χ4n) is 9.91. The minimum atomic E-state index is -0.354. The zero-order valence-corrected chi connectivity index (χ0v) is 38.6. The molecule has 0 radical (unpaired) electrons. The van der Waals surface area contributed by atoms with Gasteiger partial charge in [0.2, 0.25) is 0 Å². The molecule has 0 unspecified atom stereocenters. The number of nitrogens with zero attached hydrogens (tertiary/aromatic N) is 2. The van der Waals surface area contributed by atoms with E-state index in [1.54, 1.807) is 24.3 Å². The first-order valence-corrected chi connectivity index (χ1v) is 22.0. The van der Waals surface area contributed by atoms with Crippen LogP contribution in [-0.4, -0.2) is 23.6 Å². The van der Waals surface area contributed by atoms with E-state index in [1.165, 1.54) is 53.0 Å². The van der Waals surface area contributed by atoms with Gasteiger partial charge in [-0.05, 0) is 117 Å². The maximum absolute atomic E-state index is 12.4. The van der Waals surface area contributed by atoms with Crippen LogP contribution in [0.2, 0.25) is 0 Å². The van der Waals surface area contributed by atoms with Crippen molar-refractivity contribution in [3.05, 3.63) is 130 Å². The van der Waals surface area contributed by atoms with Crippen LogP contribution in [0, 0.1) is 0 Å². The van der Waals surface area contributed by atoms with Gasteiger partial charge in [0, 0.05) is 40.8 Å². The molecule has 4 aromatic rings. The van der Waals surface area contributed by atoms with Crippen molar-refractivity contribution in [1.29, 1.82) is 0 Å². The molecule has 8 nitrogen and oxygen atoms in total. The highest BCUT2D eigenvalue weighted by molar-refractivity contribution is 6.28. The van der Waals surface area contributed by atoms with E-state index < -0.39 is 0 Å². The third-order valence-electron chi connectivity index (χ3n) is 12.3. The summed E-state index contributed by atoms with van der Waals surface area (Å²) in [5, 5.41) is 0. The first kappa shape index (κ1) is 44.3. The van der Waals surface area contributed by atoms with E-state index >= 15 is 0 Å². The number of imide groups is 2. The van der Waals surface area contributed by atoms with Crippen LogP contribution in [0.3, 0.4) is 0 Å². The Labute approximate surface area is 368 Å². The molecule has 0 atom stereocenters. The molecule has 0 aromatic heterocycles. The second-order valence-corrected chi connectivity index (χ2v) is 21.2. The number of hydrogen-bond donors (Lipinski definition) is 0. The van der Waals surface area contributed by atoms with E-state index in [9.17, 15) is 19.2 Å². The van der Waals surface area contributed by atoms with E-state index in [0.717, 1.165) is 58.1 Å². The number of carbonyl (C=O) groups is 4. The third kappa shape index (κ3) is 8.28. The maximum Gasteiger partial charge on any atom is 0.258 e. The lowest BCUT2D eigenvalue weighted by Gasteiger charge is -2.47. The van der Waals surface area contributed by atoms with Gasteiger partial charge in [0.25, 0.3) is 23.6 Å². The Balaban J connectivity index is 1.38. The molecule has 1 aliphatic carbocycles. The summed E-state index contributed by atoms with van der Waals surface area (Å²) in [7, 11) is 0. The Morgan fingerprint density at radius 3 is 1.00 bits per heavy atom. The van der Waals surface area contributed by atoms with Crippen molar-refractivity contribution in [3.63, 3.8) is 0 Å². The van der Waals surface area contributed by atoms with Crippen LogP contribution < -0.4 is 19.3 Å². The average Bonchev–Trinajstić information content (AvgIpc) is 3.71. The molecule has 7 rings (SSSR count). The Morgan fingerprint density at radius 1 is 0.403 bits per heavy atom. The van der Waals surface area contributed by atoms with Crippen molar-refractivity contribution in [1.82, 2.24) is 0 Å². The van der Waals surface area contributed by atoms with Crippen LogP contribution in [0.5, 0.6) is 23.0 Å². The summed E-state index contributed by atoms with van der Waals surface area (Å²) < 4.78 is 13.7. The van der Waals surface area contributed by atoms with E-state index in [4.69, 9.17) is 9.47 Å². The number of hydrogen-bond acceptors (Lipinski definition) is 6. The van der Waals surface area contributed by atoms with Crippen molar-refractivity contribution in [2.75, 3.05) is 9.80 Å². The van der Waals surface area contributed by atoms with Gasteiger partial charge in [0.1, 0.15) is 23.0 Å². The number of amides is 4. The molecule has 2 aliphatic heterocycles. The maximum atomic E-state index is 12.4. The van der Waals surface area contributed by atoms with E-state index in [-0.39, 0.29) is 50.7 Å². The normalized spacial score (nSPS) is 17.1. The van der Waals surface area contributed by atoms with E-state index in [2.05, 4.69) is 107 Å². The molecular formula is C54H62N2O6. The van der Waals surface area contributed by atoms with Gasteiger partial charge in [-0.15, -0.1) is 0 Å².